The minimum Gasteiger partial charge on any atom is -0.368 e. The van der Waals surface area contributed by atoms with Gasteiger partial charge in [0, 0.05) is 18.0 Å². The van der Waals surface area contributed by atoms with Gasteiger partial charge in [-0.1, -0.05) is 5.11 Å². The fraction of sp³-hybridized carbons (Fsp3) is 0.375. The van der Waals surface area contributed by atoms with E-state index in [1.54, 1.807) is 0 Å². The van der Waals surface area contributed by atoms with Gasteiger partial charge in [-0.2, -0.15) is 11.3 Å². The number of amides is 1. The smallest absolute Gasteiger partial charge is 0.239 e. The Morgan fingerprint density at radius 2 is 2.60 bits per heavy atom. The zero-order valence-corrected chi connectivity index (χ0v) is 8.78. The summed E-state index contributed by atoms with van der Waals surface area (Å²) in [4.78, 5) is 13.7. The van der Waals surface area contributed by atoms with Crippen LogP contribution >= 0.6 is 11.3 Å². The van der Waals surface area contributed by atoms with E-state index in [0.29, 0.717) is 13.1 Å². The highest BCUT2D eigenvalue weighted by molar-refractivity contribution is 7.08. The summed E-state index contributed by atoms with van der Waals surface area (Å²) in [5.74, 6) is -0.436. The number of primary amides is 1. The van der Waals surface area contributed by atoms with Crippen molar-refractivity contribution < 1.29 is 4.79 Å². The van der Waals surface area contributed by atoms with E-state index in [1.807, 2.05) is 16.8 Å². The highest BCUT2D eigenvalue weighted by Gasteiger charge is 2.16. The Balaban J connectivity index is 2.52. The standard InChI is InChI=1S/C8H11N5OS/c9-8(14)7(6-1-4-15-5-6)11-2-3-12-13-10/h1,4-5,7,11H,2-3H2,(H2,9,14). The molecule has 6 nitrogen and oxygen atoms in total. The Hall–Kier alpha value is -1.56. The molecule has 0 radical (unpaired) electrons. The Kier molecular flexibility index (Phi) is 4.62. The molecule has 1 heterocycles. The maximum atomic E-state index is 11.1. The summed E-state index contributed by atoms with van der Waals surface area (Å²) in [6.45, 7) is 0.720. The molecular weight excluding hydrogens is 214 g/mol. The first kappa shape index (κ1) is 11.5. The van der Waals surface area contributed by atoms with Crippen LogP contribution in [0.3, 0.4) is 0 Å². The molecule has 0 aromatic carbocycles. The number of nitrogens with one attached hydrogen (secondary N) is 1. The van der Waals surface area contributed by atoms with Crippen LogP contribution in [0.2, 0.25) is 0 Å². The molecule has 0 aliphatic heterocycles. The van der Waals surface area contributed by atoms with Crippen LogP contribution in [0.15, 0.2) is 21.9 Å². The van der Waals surface area contributed by atoms with Crippen molar-refractivity contribution in [1.82, 2.24) is 5.32 Å². The van der Waals surface area contributed by atoms with Gasteiger partial charge in [0.15, 0.2) is 0 Å². The molecule has 0 aliphatic carbocycles. The molecule has 1 amide bonds. The topological polar surface area (TPSA) is 104 Å². The summed E-state index contributed by atoms with van der Waals surface area (Å²) in [7, 11) is 0. The lowest BCUT2D eigenvalue weighted by molar-refractivity contribution is -0.120. The molecule has 80 valence electrons. The first-order valence-electron chi connectivity index (χ1n) is 4.31. The molecule has 1 atom stereocenters. The second-order valence-corrected chi connectivity index (χ2v) is 3.58. The van der Waals surface area contributed by atoms with Gasteiger partial charge in [-0.05, 0) is 27.9 Å². The molecule has 0 saturated heterocycles. The third-order valence-corrected chi connectivity index (χ3v) is 2.49. The Labute approximate surface area is 90.7 Å². The molecule has 15 heavy (non-hydrogen) atoms. The first-order chi connectivity index (χ1) is 7.25. The lowest BCUT2D eigenvalue weighted by Gasteiger charge is -2.12. The number of nitrogens with zero attached hydrogens (tertiary/aromatic N) is 3. The Morgan fingerprint density at radius 3 is 3.13 bits per heavy atom. The van der Waals surface area contributed by atoms with Crippen LogP contribution in [0.5, 0.6) is 0 Å². The van der Waals surface area contributed by atoms with Crippen LogP contribution < -0.4 is 11.1 Å². The molecule has 0 bridgehead atoms. The maximum Gasteiger partial charge on any atom is 0.239 e. The van der Waals surface area contributed by atoms with Crippen LogP contribution in [-0.4, -0.2) is 19.0 Å². The second kappa shape index (κ2) is 6.02. The fourth-order valence-electron chi connectivity index (χ4n) is 1.13. The van der Waals surface area contributed by atoms with Crippen LogP contribution in [0.4, 0.5) is 0 Å². The lowest BCUT2D eigenvalue weighted by Crippen LogP contribution is -2.34. The van der Waals surface area contributed by atoms with E-state index < -0.39 is 11.9 Å². The van der Waals surface area contributed by atoms with Crippen molar-refractivity contribution in [3.05, 3.63) is 32.8 Å². The van der Waals surface area contributed by atoms with Gasteiger partial charge in [-0.25, -0.2) is 0 Å². The number of rotatable bonds is 6. The lowest BCUT2D eigenvalue weighted by atomic mass is 10.1. The van der Waals surface area contributed by atoms with Gasteiger partial charge in [0.1, 0.15) is 6.04 Å². The van der Waals surface area contributed by atoms with E-state index in [4.69, 9.17) is 11.3 Å². The monoisotopic (exact) mass is 225 g/mol. The summed E-state index contributed by atoms with van der Waals surface area (Å²) < 4.78 is 0. The third kappa shape index (κ3) is 3.59. The third-order valence-electron chi connectivity index (χ3n) is 1.78. The van der Waals surface area contributed by atoms with Crippen LogP contribution in [0, 0.1) is 0 Å². The van der Waals surface area contributed by atoms with Crippen LogP contribution in [-0.2, 0) is 4.79 Å². The van der Waals surface area contributed by atoms with E-state index in [1.165, 1.54) is 11.3 Å². The van der Waals surface area contributed by atoms with E-state index >= 15 is 0 Å². The summed E-state index contributed by atoms with van der Waals surface area (Å²) in [6.07, 6.45) is 0. The molecule has 1 aromatic rings. The molecule has 1 rings (SSSR count). The van der Waals surface area contributed by atoms with Crippen molar-refractivity contribution in [3.63, 3.8) is 0 Å². The fourth-order valence-corrected chi connectivity index (χ4v) is 1.81. The highest BCUT2D eigenvalue weighted by atomic mass is 32.1. The quantitative estimate of drug-likeness (QED) is 0.328. The van der Waals surface area contributed by atoms with Gasteiger partial charge in [-0.15, -0.1) is 0 Å². The molecule has 0 aliphatic rings. The molecular formula is C8H11N5OS. The van der Waals surface area contributed by atoms with Gasteiger partial charge < -0.3 is 11.1 Å². The predicted molar refractivity (Wildman–Crippen MR) is 58.3 cm³/mol. The first-order valence-corrected chi connectivity index (χ1v) is 5.25. The maximum absolute atomic E-state index is 11.1. The van der Waals surface area contributed by atoms with Crippen LogP contribution in [0.1, 0.15) is 11.6 Å². The van der Waals surface area contributed by atoms with Gasteiger partial charge in [0.2, 0.25) is 5.91 Å². The molecule has 1 unspecified atom stereocenters. The second-order valence-electron chi connectivity index (χ2n) is 2.80. The molecule has 3 N–H and O–H groups in total. The Morgan fingerprint density at radius 1 is 1.80 bits per heavy atom. The summed E-state index contributed by atoms with van der Waals surface area (Å²) in [5.41, 5.74) is 14.1. The number of carbonyl (C=O) groups is 1. The predicted octanol–water partition coefficient (Wildman–Crippen LogP) is 1.17. The normalized spacial score (nSPS) is 11.7. The summed E-state index contributed by atoms with van der Waals surface area (Å²) >= 11 is 1.50. The van der Waals surface area contributed by atoms with Crippen molar-refractivity contribution in [2.24, 2.45) is 10.8 Å². The minimum atomic E-state index is -0.509. The zero-order chi connectivity index (χ0) is 11.1. The SMILES string of the molecule is [N-]=[N+]=NCCNC(C(N)=O)c1ccsc1. The van der Waals surface area contributed by atoms with Gasteiger partial charge >= 0.3 is 0 Å². The van der Waals surface area contributed by atoms with E-state index in [-0.39, 0.29) is 0 Å². The molecule has 0 spiro atoms. The van der Waals surface area contributed by atoms with E-state index in [9.17, 15) is 4.79 Å². The summed E-state index contributed by atoms with van der Waals surface area (Å²) in [6, 6.07) is 1.32. The number of nitrogens with two attached hydrogens (primary N) is 1. The summed E-state index contributed by atoms with van der Waals surface area (Å²) in [5, 5.41) is 10.0. The number of hydrogen-bond donors (Lipinski definition) is 2. The van der Waals surface area contributed by atoms with Crippen molar-refractivity contribution in [2.45, 2.75) is 6.04 Å². The van der Waals surface area contributed by atoms with Crippen molar-refractivity contribution in [3.8, 4) is 0 Å². The largest absolute Gasteiger partial charge is 0.368 e. The number of thiophene rings is 1. The average molecular weight is 225 g/mol. The van der Waals surface area contributed by atoms with Gasteiger partial charge in [0.25, 0.3) is 0 Å². The van der Waals surface area contributed by atoms with Crippen LogP contribution in [0.25, 0.3) is 10.4 Å². The molecule has 1 aromatic heterocycles. The van der Waals surface area contributed by atoms with Crippen molar-refractivity contribution >= 4 is 17.2 Å². The number of carbonyl (C=O) groups excluding carboxylic acids is 1. The van der Waals surface area contributed by atoms with Crippen molar-refractivity contribution in [2.75, 3.05) is 13.1 Å². The highest BCUT2D eigenvalue weighted by Crippen LogP contribution is 2.15. The van der Waals surface area contributed by atoms with E-state index in [0.717, 1.165) is 5.56 Å². The van der Waals surface area contributed by atoms with Crippen molar-refractivity contribution in [1.29, 1.82) is 0 Å². The number of hydrogen-bond acceptors (Lipinski definition) is 4. The average Bonchev–Trinajstić information content (AvgIpc) is 2.70. The molecule has 0 saturated carbocycles. The molecule has 0 fully saturated rings. The zero-order valence-electron chi connectivity index (χ0n) is 7.96. The van der Waals surface area contributed by atoms with Gasteiger partial charge in [0.05, 0.1) is 0 Å². The van der Waals surface area contributed by atoms with E-state index in [2.05, 4.69) is 15.3 Å². The minimum absolute atomic E-state index is 0.296. The molecule has 7 heteroatoms. The number of azide groups is 1. The Bertz CT molecular complexity index is 357. The van der Waals surface area contributed by atoms with Gasteiger partial charge in [-0.3, -0.25) is 4.79 Å².